The number of nitrogens with zero attached hydrogens (tertiary/aromatic N) is 2. The SMILES string of the molecule is CCN(CC)C1CCN(c2ccc(CN)cc2F)C1. The lowest BCUT2D eigenvalue weighted by molar-refractivity contribution is 0.232. The Morgan fingerprint density at radius 1 is 1.37 bits per heavy atom. The molecule has 1 aliphatic heterocycles. The van der Waals surface area contributed by atoms with Crippen LogP contribution in [0.4, 0.5) is 10.1 Å². The van der Waals surface area contributed by atoms with Crippen molar-refractivity contribution in [1.29, 1.82) is 0 Å². The van der Waals surface area contributed by atoms with Crippen molar-refractivity contribution in [3.63, 3.8) is 0 Å². The van der Waals surface area contributed by atoms with Crippen LogP contribution in [0.5, 0.6) is 0 Å². The van der Waals surface area contributed by atoms with Crippen LogP contribution in [-0.2, 0) is 6.54 Å². The molecule has 0 bridgehead atoms. The van der Waals surface area contributed by atoms with Crippen LogP contribution >= 0.6 is 0 Å². The molecule has 3 nitrogen and oxygen atoms in total. The fourth-order valence-corrected chi connectivity index (χ4v) is 2.93. The van der Waals surface area contributed by atoms with Gasteiger partial charge in [0.05, 0.1) is 5.69 Å². The van der Waals surface area contributed by atoms with Crippen molar-refractivity contribution in [3.05, 3.63) is 29.6 Å². The number of hydrogen-bond donors (Lipinski definition) is 1. The summed E-state index contributed by atoms with van der Waals surface area (Å²) in [6.45, 7) is 8.72. The molecule has 1 aliphatic rings. The van der Waals surface area contributed by atoms with Gasteiger partial charge in [0, 0.05) is 25.7 Å². The Kier molecular flexibility index (Phi) is 4.77. The number of hydrogen-bond acceptors (Lipinski definition) is 3. The predicted octanol–water partition coefficient (Wildman–Crippen LogP) is 2.20. The highest BCUT2D eigenvalue weighted by molar-refractivity contribution is 5.50. The van der Waals surface area contributed by atoms with E-state index in [1.54, 1.807) is 6.07 Å². The quantitative estimate of drug-likeness (QED) is 0.886. The number of benzene rings is 1. The van der Waals surface area contributed by atoms with Gasteiger partial charge in [0.15, 0.2) is 0 Å². The molecule has 1 aromatic carbocycles. The van der Waals surface area contributed by atoms with Crippen LogP contribution in [0.25, 0.3) is 0 Å². The largest absolute Gasteiger partial charge is 0.368 e. The zero-order valence-corrected chi connectivity index (χ0v) is 11.9. The van der Waals surface area contributed by atoms with Crippen molar-refractivity contribution in [1.82, 2.24) is 4.90 Å². The number of nitrogens with two attached hydrogens (primary N) is 1. The van der Waals surface area contributed by atoms with Crippen LogP contribution in [0.3, 0.4) is 0 Å². The summed E-state index contributed by atoms with van der Waals surface area (Å²) < 4.78 is 14.1. The van der Waals surface area contributed by atoms with Gasteiger partial charge in [-0.3, -0.25) is 4.90 Å². The zero-order chi connectivity index (χ0) is 13.8. The Labute approximate surface area is 115 Å². The Morgan fingerprint density at radius 2 is 2.11 bits per heavy atom. The third kappa shape index (κ3) is 3.07. The van der Waals surface area contributed by atoms with Gasteiger partial charge in [0.1, 0.15) is 5.82 Å². The zero-order valence-electron chi connectivity index (χ0n) is 11.9. The number of halogens is 1. The molecule has 0 spiro atoms. The minimum absolute atomic E-state index is 0.150. The third-order valence-corrected chi connectivity index (χ3v) is 4.08. The van der Waals surface area contributed by atoms with Crippen molar-refractivity contribution in [2.75, 3.05) is 31.1 Å². The van der Waals surface area contributed by atoms with Gasteiger partial charge in [-0.25, -0.2) is 4.39 Å². The second kappa shape index (κ2) is 6.35. The van der Waals surface area contributed by atoms with Crippen LogP contribution < -0.4 is 10.6 Å². The topological polar surface area (TPSA) is 32.5 Å². The Bertz CT molecular complexity index is 418. The molecular formula is C15H24FN3. The molecule has 0 saturated carbocycles. The number of rotatable bonds is 5. The molecule has 1 atom stereocenters. The summed E-state index contributed by atoms with van der Waals surface area (Å²) in [6, 6.07) is 5.88. The molecule has 1 saturated heterocycles. The molecule has 2 rings (SSSR count). The molecule has 4 heteroatoms. The number of likely N-dealkylation sites (N-methyl/N-ethyl adjacent to an activating group) is 1. The second-order valence-corrected chi connectivity index (χ2v) is 5.10. The average Bonchev–Trinajstić information content (AvgIpc) is 2.89. The standard InChI is InChI=1S/C15H24FN3/c1-3-18(4-2)13-7-8-19(11-13)15-6-5-12(10-17)9-14(15)16/h5-6,9,13H,3-4,7-8,10-11,17H2,1-2H3. The van der Waals surface area contributed by atoms with Crippen LogP contribution in [-0.4, -0.2) is 37.1 Å². The fraction of sp³-hybridized carbons (Fsp3) is 0.600. The normalized spacial score (nSPS) is 19.4. The van der Waals surface area contributed by atoms with Gasteiger partial charge in [-0.2, -0.15) is 0 Å². The molecule has 1 unspecified atom stereocenters. The molecule has 0 amide bonds. The lowest BCUT2D eigenvalue weighted by Gasteiger charge is -2.26. The van der Waals surface area contributed by atoms with Crippen molar-refractivity contribution >= 4 is 5.69 Å². The molecule has 1 aromatic rings. The lowest BCUT2D eigenvalue weighted by Crippen LogP contribution is -2.37. The van der Waals surface area contributed by atoms with E-state index >= 15 is 0 Å². The van der Waals surface area contributed by atoms with E-state index in [9.17, 15) is 4.39 Å². The van der Waals surface area contributed by atoms with Crippen molar-refractivity contribution < 1.29 is 4.39 Å². The van der Waals surface area contributed by atoms with E-state index in [1.165, 1.54) is 0 Å². The average molecular weight is 265 g/mol. The van der Waals surface area contributed by atoms with Crippen LogP contribution in [0.15, 0.2) is 18.2 Å². The van der Waals surface area contributed by atoms with E-state index in [0.29, 0.717) is 18.3 Å². The fourth-order valence-electron chi connectivity index (χ4n) is 2.93. The first kappa shape index (κ1) is 14.3. The van der Waals surface area contributed by atoms with E-state index in [0.717, 1.165) is 38.2 Å². The monoisotopic (exact) mass is 265 g/mol. The molecule has 19 heavy (non-hydrogen) atoms. The van der Waals surface area contributed by atoms with Gasteiger partial charge >= 0.3 is 0 Å². The highest BCUT2D eigenvalue weighted by Crippen LogP contribution is 2.26. The van der Waals surface area contributed by atoms with E-state index in [2.05, 4.69) is 23.6 Å². The van der Waals surface area contributed by atoms with Crippen LogP contribution in [0.1, 0.15) is 25.8 Å². The summed E-state index contributed by atoms with van der Waals surface area (Å²) >= 11 is 0. The lowest BCUT2D eigenvalue weighted by atomic mass is 10.2. The Morgan fingerprint density at radius 3 is 2.68 bits per heavy atom. The molecule has 106 valence electrons. The van der Waals surface area contributed by atoms with Gasteiger partial charge in [-0.15, -0.1) is 0 Å². The van der Waals surface area contributed by atoms with Gasteiger partial charge in [0.25, 0.3) is 0 Å². The van der Waals surface area contributed by atoms with E-state index in [4.69, 9.17) is 5.73 Å². The Hall–Kier alpha value is -1.13. The molecule has 0 aromatic heterocycles. The summed E-state index contributed by atoms with van der Waals surface area (Å²) in [7, 11) is 0. The summed E-state index contributed by atoms with van der Waals surface area (Å²) in [5.74, 6) is -0.150. The first-order chi connectivity index (χ1) is 9.19. The number of anilines is 1. The molecule has 1 fully saturated rings. The second-order valence-electron chi connectivity index (χ2n) is 5.10. The maximum absolute atomic E-state index is 14.1. The first-order valence-corrected chi connectivity index (χ1v) is 7.17. The van der Waals surface area contributed by atoms with Gasteiger partial charge in [-0.05, 0) is 37.2 Å². The predicted molar refractivity (Wildman–Crippen MR) is 77.8 cm³/mol. The highest BCUT2D eigenvalue weighted by Gasteiger charge is 2.27. The van der Waals surface area contributed by atoms with E-state index < -0.39 is 0 Å². The molecule has 0 radical (unpaired) electrons. The van der Waals surface area contributed by atoms with Gasteiger partial charge in [-0.1, -0.05) is 19.9 Å². The highest BCUT2D eigenvalue weighted by atomic mass is 19.1. The smallest absolute Gasteiger partial charge is 0.146 e. The Balaban J connectivity index is 2.08. The molecule has 2 N–H and O–H groups in total. The van der Waals surface area contributed by atoms with Gasteiger partial charge in [0.2, 0.25) is 0 Å². The summed E-state index contributed by atoms with van der Waals surface area (Å²) in [5, 5.41) is 0. The van der Waals surface area contributed by atoms with Crippen LogP contribution in [0.2, 0.25) is 0 Å². The van der Waals surface area contributed by atoms with Crippen molar-refractivity contribution in [2.24, 2.45) is 5.73 Å². The minimum Gasteiger partial charge on any atom is -0.368 e. The molecule has 1 heterocycles. The molecule has 0 aliphatic carbocycles. The van der Waals surface area contributed by atoms with Crippen LogP contribution in [0, 0.1) is 5.82 Å². The maximum atomic E-state index is 14.1. The van der Waals surface area contributed by atoms with E-state index in [1.807, 2.05) is 12.1 Å². The third-order valence-electron chi connectivity index (χ3n) is 4.08. The van der Waals surface area contributed by atoms with Crippen molar-refractivity contribution in [3.8, 4) is 0 Å². The first-order valence-electron chi connectivity index (χ1n) is 7.17. The van der Waals surface area contributed by atoms with Gasteiger partial charge < -0.3 is 10.6 Å². The summed E-state index contributed by atoms with van der Waals surface area (Å²) in [5.41, 5.74) is 7.10. The molecular weight excluding hydrogens is 241 g/mol. The summed E-state index contributed by atoms with van der Waals surface area (Å²) in [6.07, 6.45) is 1.11. The maximum Gasteiger partial charge on any atom is 0.146 e. The minimum atomic E-state index is -0.150. The van der Waals surface area contributed by atoms with Crippen molar-refractivity contribution in [2.45, 2.75) is 32.9 Å². The summed E-state index contributed by atoms with van der Waals surface area (Å²) in [4.78, 5) is 4.60. The van der Waals surface area contributed by atoms with E-state index in [-0.39, 0.29) is 5.82 Å².